The number of methoxy groups -OCH3 is 1. The van der Waals surface area contributed by atoms with Gasteiger partial charge in [-0.25, -0.2) is 0 Å². The maximum absolute atomic E-state index is 12.8. The fourth-order valence-corrected chi connectivity index (χ4v) is 3.72. The van der Waals surface area contributed by atoms with Gasteiger partial charge in [0, 0.05) is 12.2 Å². The van der Waals surface area contributed by atoms with Gasteiger partial charge in [0.05, 0.1) is 19.4 Å². The molecule has 1 heterocycles. The van der Waals surface area contributed by atoms with Gasteiger partial charge >= 0.3 is 0 Å². The van der Waals surface area contributed by atoms with Crippen molar-refractivity contribution in [3.63, 3.8) is 0 Å². The minimum absolute atomic E-state index is 0.139. The molecule has 0 aliphatic carbocycles. The number of amides is 2. The first-order chi connectivity index (χ1) is 17.0. The van der Waals surface area contributed by atoms with Crippen LogP contribution in [0.1, 0.15) is 13.3 Å². The maximum atomic E-state index is 12.8. The molecular formula is C27H28N2O6. The number of fused-ring (bicyclic) bond motifs is 1. The average Bonchev–Trinajstić information content (AvgIpc) is 2.88. The van der Waals surface area contributed by atoms with Crippen LogP contribution >= 0.6 is 0 Å². The van der Waals surface area contributed by atoms with Gasteiger partial charge in [0.1, 0.15) is 11.5 Å². The Morgan fingerprint density at radius 3 is 2.51 bits per heavy atom. The molecule has 1 atom stereocenters. The fraction of sp³-hybridized carbons (Fsp3) is 0.259. The third-order valence-corrected chi connectivity index (χ3v) is 5.42. The minimum Gasteiger partial charge on any atom is -0.494 e. The predicted octanol–water partition coefficient (Wildman–Crippen LogP) is 4.30. The Balaban J connectivity index is 1.38. The molecule has 0 bridgehead atoms. The molecule has 8 nitrogen and oxygen atoms in total. The van der Waals surface area contributed by atoms with Crippen molar-refractivity contribution < 1.29 is 28.5 Å². The van der Waals surface area contributed by atoms with E-state index in [4.69, 9.17) is 18.9 Å². The first kappa shape index (κ1) is 23.9. The van der Waals surface area contributed by atoms with Crippen LogP contribution < -0.4 is 29.2 Å². The zero-order chi connectivity index (χ0) is 24.6. The van der Waals surface area contributed by atoms with Crippen LogP contribution in [0.25, 0.3) is 0 Å². The van der Waals surface area contributed by atoms with E-state index in [0.717, 1.165) is 5.75 Å². The third-order valence-electron chi connectivity index (χ3n) is 5.42. The smallest absolute Gasteiger partial charge is 0.267 e. The summed E-state index contributed by atoms with van der Waals surface area (Å²) in [4.78, 5) is 27.0. The van der Waals surface area contributed by atoms with Crippen LogP contribution in [0.3, 0.4) is 0 Å². The molecule has 2 amide bonds. The summed E-state index contributed by atoms with van der Waals surface area (Å²) < 4.78 is 22.3. The van der Waals surface area contributed by atoms with Gasteiger partial charge in [-0.1, -0.05) is 30.3 Å². The topological polar surface area (TPSA) is 86.3 Å². The monoisotopic (exact) mass is 476 g/mol. The zero-order valence-corrected chi connectivity index (χ0v) is 19.7. The highest BCUT2D eigenvalue weighted by Crippen LogP contribution is 2.36. The molecule has 0 spiro atoms. The SMILES string of the molecule is COc1ccccc1OCC(=O)Nc1ccc2c(c1)N(CCCOc1ccccc1)C(=O)C(C)O2. The second-order valence-corrected chi connectivity index (χ2v) is 7.94. The number of hydrogen-bond acceptors (Lipinski definition) is 6. The van der Waals surface area contributed by atoms with Crippen molar-refractivity contribution in [1.29, 1.82) is 0 Å². The van der Waals surface area contributed by atoms with Crippen molar-refractivity contribution in [2.75, 3.05) is 37.1 Å². The van der Waals surface area contributed by atoms with Crippen LogP contribution in [-0.2, 0) is 9.59 Å². The Labute approximate surface area is 204 Å². The summed E-state index contributed by atoms with van der Waals surface area (Å²) in [7, 11) is 1.54. The van der Waals surface area contributed by atoms with Crippen LogP contribution in [0.4, 0.5) is 11.4 Å². The van der Waals surface area contributed by atoms with Gasteiger partial charge in [0.15, 0.2) is 24.2 Å². The number of carbonyl (C=O) groups is 2. The lowest BCUT2D eigenvalue weighted by Crippen LogP contribution is -2.45. The van der Waals surface area contributed by atoms with E-state index in [1.807, 2.05) is 36.4 Å². The lowest BCUT2D eigenvalue weighted by molar-refractivity contribution is -0.125. The Morgan fingerprint density at radius 2 is 1.74 bits per heavy atom. The van der Waals surface area contributed by atoms with Gasteiger partial charge < -0.3 is 29.2 Å². The van der Waals surface area contributed by atoms with Crippen molar-refractivity contribution in [3.8, 4) is 23.0 Å². The molecule has 1 aliphatic heterocycles. The average molecular weight is 477 g/mol. The molecular weight excluding hydrogens is 448 g/mol. The van der Waals surface area contributed by atoms with Gasteiger partial charge in [-0.05, 0) is 55.8 Å². The van der Waals surface area contributed by atoms with Crippen LogP contribution in [0.2, 0.25) is 0 Å². The molecule has 182 valence electrons. The number of hydrogen-bond donors (Lipinski definition) is 1. The van der Waals surface area contributed by atoms with E-state index >= 15 is 0 Å². The van der Waals surface area contributed by atoms with E-state index in [9.17, 15) is 9.59 Å². The van der Waals surface area contributed by atoms with Gasteiger partial charge in [0.25, 0.3) is 11.8 Å². The van der Waals surface area contributed by atoms with Crippen molar-refractivity contribution >= 4 is 23.2 Å². The largest absolute Gasteiger partial charge is 0.494 e. The van der Waals surface area contributed by atoms with Crippen molar-refractivity contribution in [1.82, 2.24) is 0 Å². The number of nitrogens with zero attached hydrogens (tertiary/aromatic N) is 1. The molecule has 1 unspecified atom stereocenters. The number of carbonyl (C=O) groups excluding carboxylic acids is 2. The highest BCUT2D eigenvalue weighted by molar-refractivity contribution is 6.01. The van der Waals surface area contributed by atoms with E-state index < -0.39 is 6.10 Å². The quantitative estimate of drug-likeness (QED) is 0.439. The second-order valence-electron chi connectivity index (χ2n) is 7.94. The summed E-state index contributed by atoms with van der Waals surface area (Å²) in [6, 6.07) is 21.9. The van der Waals surface area contributed by atoms with Crippen LogP contribution in [0.5, 0.6) is 23.0 Å². The highest BCUT2D eigenvalue weighted by atomic mass is 16.5. The molecule has 1 N–H and O–H groups in total. The van der Waals surface area contributed by atoms with E-state index in [0.29, 0.717) is 48.2 Å². The molecule has 35 heavy (non-hydrogen) atoms. The number of para-hydroxylation sites is 3. The normalized spacial score (nSPS) is 14.5. The van der Waals surface area contributed by atoms with Crippen molar-refractivity contribution in [3.05, 3.63) is 72.8 Å². The van der Waals surface area contributed by atoms with Crippen molar-refractivity contribution in [2.45, 2.75) is 19.4 Å². The summed E-state index contributed by atoms with van der Waals surface area (Å²) in [6.07, 6.45) is 0.0445. The Kier molecular flexibility index (Phi) is 7.72. The number of anilines is 2. The molecule has 1 aliphatic rings. The first-order valence-corrected chi connectivity index (χ1v) is 11.4. The molecule has 3 aromatic rings. The molecule has 0 saturated heterocycles. The Bertz CT molecular complexity index is 1170. The summed E-state index contributed by atoms with van der Waals surface area (Å²) in [6.45, 7) is 2.46. The fourth-order valence-electron chi connectivity index (χ4n) is 3.72. The zero-order valence-electron chi connectivity index (χ0n) is 19.7. The summed E-state index contributed by atoms with van der Waals surface area (Å²) in [5.41, 5.74) is 1.14. The Hall–Kier alpha value is -4.20. The van der Waals surface area contributed by atoms with E-state index in [1.165, 1.54) is 0 Å². The molecule has 0 saturated carbocycles. The first-order valence-electron chi connectivity index (χ1n) is 11.4. The highest BCUT2D eigenvalue weighted by Gasteiger charge is 2.31. The van der Waals surface area contributed by atoms with E-state index in [-0.39, 0.29) is 18.4 Å². The molecule has 0 fully saturated rings. The molecule has 3 aromatic carbocycles. The van der Waals surface area contributed by atoms with Gasteiger partial charge in [-0.15, -0.1) is 0 Å². The van der Waals surface area contributed by atoms with Gasteiger partial charge in [-0.3, -0.25) is 9.59 Å². The predicted molar refractivity (Wildman–Crippen MR) is 133 cm³/mol. The van der Waals surface area contributed by atoms with Crippen molar-refractivity contribution in [2.24, 2.45) is 0 Å². The summed E-state index contributed by atoms with van der Waals surface area (Å²) in [5.74, 6) is 1.92. The van der Waals surface area contributed by atoms with Gasteiger partial charge in [0.2, 0.25) is 0 Å². The molecule has 4 rings (SSSR count). The van der Waals surface area contributed by atoms with Crippen LogP contribution in [0.15, 0.2) is 72.8 Å². The number of rotatable bonds is 10. The van der Waals surface area contributed by atoms with Gasteiger partial charge in [-0.2, -0.15) is 0 Å². The minimum atomic E-state index is -0.591. The van der Waals surface area contributed by atoms with Crippen LogP contribution in [-0.4, -0.2) is 44.8 Å². The number of benzene rings is 3. The van der Waals surface area contributed by atoms with E-state index in [1.54, 1.807) is 55.3 Å². The third kappa shape index (κ3) is 6.03. The maximum Gasteiger partial charge on any atom is 0.267 e. The number of nitrogens with one attached hydrogen (secondary N) is 1. The lowest BCUT2D eigenvalue weighted by atomic mass is 10.1. The summed E-state index contributed by atoms with van der Waals surface area (Å²) in [5, 5.41) is 2.81. The molecule has 8 heteroatoms. The Morgan fingerprint density at radius 1 is 1.00 bits per heavy atom. The lowest BCUT2D eigenvalue weighted by Gasteiger charge is -2.33. The van der Waals surface area contributed by atoms with Crippen LogP contribution in [0, 0.1) is 0 Å². The number of ether oxygens (including phenoxy) is 4. The summed E-state index contributed by atoms with van der Waals surface area (Å²) >= 11 is 0. The van der Waals surface area contributed by atoms with E-state index in [2.05, 4.69) is 5.32 Å². The second kappa shape index (κ2) is 11.3. The molecule has 0 aromatic heterocycles. The molecule has 0 radical (unpaired) electrons. The standard InChI is InChI=1S/C27H28N2O6/c1-19-27(31)29(15-8-16-33-21-9-4-3-5-10-21)22-17-20(13-14-23(22)35-19)28-26(30)18-34-25-12-7-6-11-24(25)32-2/h3-7,9-14,17,19H,8,15-16,18H2,1-2H3,(H,28,30).